The maximum absolute atomic E-state index is 12.9. The number of rotatable bonds is 4. The monoisotopic (exact) mass is 396 g/mol. The molecule has 0 amide bonds. The van der Waals surface area contributed by atoms with Gasteiger partial charge in [-0.25, -0.2) is 4.98 Å². The van der Waals surface area contributed by atoms with Gasteiger partial charge in [-0.1, -0.05) is 23.7 Å². The molecule has 2 aromatic carbocycles. The fourth-order valence-electron chi connectivity index (χ4n) is 3.48. The molecule has 5 nitrogen and oxygen atoms in total. The molecule has 0 aliphatic carbocycles. The molecule has 1 aliphatic heterocycles. The second-order valence-corrected chi connectivity index (χ2v) is 7.45. The van der Waals surface area contributed by atoms with Crippen LogP contribution in [0, 0.1) is 0 Å². The molecule has 3 aromatic rings. The third-order valence-electron chi connectivity index (χ3n) is 4.72. The number of methoxy groups -OCH3 is 1. The van der Waals surface area contributed by atoms with Crippen molar-refractivity contribution >= 4 is 34.2 Å². The molecule has 0 atom stereocenters. The number of allylic oxidation sites excluding steroid dienone is 1. The number of para-hydroxylation sites is 1. The quantitative estimate of drug-likeness (QED) is 0.636. The van der Waals surface area contributed by atoms with E-state index in [1.54, 1.807) is 29.9 Å². The summed E-state index contributed by atoms with van der Waals surface area (Å²) in [5.41, 5.74) is 2.46. The summed E-state index contributed by atoms with van der Waals surface area (Å²) in [5, 5.41) is 1.15. The molecule has 4 rings (SSSR count). The Bertz CT molecular complexity index is 1150. The van der Waals surface area contributed by atoms with E-state index < -0.39 is 0 Å². The van der Waals surface area contributed by atoms with Gasteiger partial charge in [-0.2, -0.15) is 0 Å². The zero-order chi connectivity index (χ0) is 19.8. The van der Waals surface area contributed by atoms with Gasteiger partial charge in [-0.3, -0.25) is 9.36 Å². The Balaban J connectivity index is 1.87. The highest BCUT2D eigenvalue weighted by Gasteiger charge is 2.22. The molecule has 0 radical (unpaired) electrons. The first kappa shape index (κ1) is 18.6. The number of benzene rings is 2. The smallest absolute Gasteiger partial charge is 0.261 e. The minimum Gasteiger partial charge on any atom is -0.493 e. The van der Waals surface area contributed by atoms with Crippen molar-refractivity contribution in [1.29, 1.82) is 0 Å². The van der Waals surface area contributed by atoms with Crippen LogP contribution in [0.25, 0.3) is 22.6 Å². The molecule has 0 fully saturated rings. The third kappa shape index (κ3) is 3.27. The topological polar surface area (TPSA) is 53.4 Å². The number of aromatic nitrogens is 2. The van der Waals surface area contributed by atoms with Gasteiger partial charge in [-0.15, -0.1) is 0 Å². The summed E-state index contributed by atoms with van der Waals surface area (Å²) in [6, 6.07) is 11.0. The number of nitrogens with zero attached hydrogens (tertiary/aromatic N) is 2. The van der Waals surface area contributed by atoms with E-state index in [0.717, 1.165) is 17.6 Å². The second-order valence-electron chi connectivity index (χ2n) is 7.02. The minimum atomic E-state index is -0.0376. The van der Waals surface area contributed by atoms with Crippen LogP contribution in [0.2, 0.25) is 5.02 Å². The van der Waals surface area contributed by atoms with E-state index in [1.165, 1.54) is 0 Å². The number of hydrogen-bond acceptors (Lipinski definition) is 4. The molecule has 0 saturated carbocycles. The average molecular weight is 397 g/mol. The normalized spacial score (nSPS) is 14.7. The molecule has 1 aliphatic rings. The van der Waals surface area contributed by atoms with Gasteiger partial charge in [0.05, 0.1) is 24.1 Å². The van der Waals surface area contributed by atoms with E-state index in [9.17, 15) is 4.79 Å². The van der Waals surface area contributed by atoms with Crippen molar-refractivity contribution in [3.05, 3.63) is 63.2 Å². The molecule has 144 valence electrons. The van der Waals surface area contributed by atoms with E-state index in [-0.39, 0.29) is 11.7 Å². The van der Waals surface area contributed by atoms with Crippen molar-refractivity contribution in [2.24, 2.45) is 0 Å². The molecule has 28 heavy (non-hydrogen) atoms. The lowest BCUT2D eigenvalue weighted by molar-refractivity contribution is 0.229. The van der Waals surface area contributed by atoms with Crippen LogP contribution in [-0.2, 0) is 6.54 Å². The fourth-order valence-corrected chi connectivity index (χ4v) is 3.65. The van der Waals surface area contributed by atoms with E-state index in [4.69, 9.17) is 26.1 Å². The summed E-state index contributed by atoms with van der Waals surface area (Å²) in [6.07, 6.45) is 2.77. The lowest BCUT2D eigenvalue weighted by Crippen LogP contribution is -2.20. The zero-order valence-electron chi connectivity index (χ0n) is 16.0. The first-order valence-corrected chi connectivity index (χ1v) is 9.60. The summed E-state index contributed by atoms with van der Waals surface area (Å²) < 4.78 is 13.2. The summed E-state index contributed by atoms with van der Waals surface area (Å²) in [7, 11) is 1.63. The Kier molecular flexibility index (Phi) is 4.85. The van der Waals surface area contributed by atoms with Gasteiger partial charge in [0.15, 0.2) is 11.5 Å². The highest BCUT2D eigenvalue weighted by Crippen LogP contribution is 2.36. The first-order chi connectivity index (χ1) is 13.5. The van der Waals surface area contributed by atoms with Gasteiger partial charge in [0.25, 0.3) is 5.56 Å². The predicted molar refractivity (Wildman–Crippen MR) is 112 cm³/mol. The summed E-state index contributed by atoms with van der Waals surface area (Å²) >= 11 is 6.10. The van der Waals surface area contributed by atoms with Gasteiger partial charge >= 0.3 is 0 Å². The SMILES string of the molecule is COc1cccc(/C=C2\CCn3c2nc2cc(Cl)ccc2c3=O)c1OC(C)C. The van der Waals surface area contributed by atoms with Crippen LogP contribution in [-0.4, -0.2) is 22.8 Å². The van der Waals surface area contributed by atoms with Crippen molar-refractivity contribution in [2.75, 3.05) is 7.11 Å². The van der Waals surface area contributed by atoms with Crippen LogP contribution in [0.5, 0.6) is 11.5 Å². The third-order valence-corrected chi connectivity index (χ3v) is 4.96. The van der Waals surface area contributed by atoms with Gasteiger partial charge in [0.2, 0.25) is 0 Å². The molecule has 0 saturated heterocycles. The van der Waals surface area contributed by atoms with Gasteiger partial charge in [0.1, 0.15) is 5.82 Å². The Morgan fingerprint density at radius 1 is 1.25 bits per heavy atom. The minimum absolute atomic E-state index is 0.0103. The standard InChI is InChI=1S/C22H21ClN2O3/c1-13(2)28-20-14(5-4-6-19(20)27-3)11-15-9-10-25-21(15)24-18-12-16(23)7-8-17(18)22(25)26/h4-8,11-13H,9-10H2,1-3H3/b15-11+. The number of hydrogen-bond donors (Lipinski definition) is 0. The van der Waals surface area contributed by atoms with Crippen molar-refractivity contribution in [2.45, 2.75) is 32.9 Å². The van der Waals surface area contributed by atoms with Crippen molar-refractivity contribution < 1.29 is 9.47 Å². The molecule has 2 heterocycles. The molecule has 0 unspecified atom stereocenters. The van der Waals surface area contributed by atoms with Gasteiger partial charge < -0.3 is 9.47 Å². The first-order valence-electron chi connectivity index (χ1n) is 9.22. The number of fused-ring (bicyclic) bond motifs is 2. The molecule has 6 heteroatoms. The maximum atomic E-state index is 12.9. The Morgan fingerprint density at radius 2 is 2.07 bits per heavy atom. The van der Waals surface area contributed by atoms with E-state index in [2.05, 4.69) is 0 Å². The molecular formula is C22H21ClN2O3. The van der Waals surface area contributed by atoms with E-state index in [1.807, 2.05) is 38.1 Å². The van der Waals surface area contributed by atoms with Crippen molar-refractivity contribution in [3.63, 3.8) is 0 Å². The summed E-state index contributed by atoms with van der Waals surface area (Å²) in [6.45, 7) is 4.56. The summed E-state index contributed by atoms with van der Waals surface area (Å²) in [4.78, 5) is 17.6. The molecular weight excluding hydrogens is 376 g/mol. The molecule has 0 bridgehead atoms. The van der Waals surface area contributed by atoms with Gasteiger partial charge in [0, 0.05) is 17.1 Å². The largest absolute Gasteiger partial charge is 0.493 e. The van der Waals surface area contributed by atoms with Crippen LogP contribution in [0.4, 0.5) is 0 Å². The average Bonchev–Trinajstić information content (AvgIpc) is 3.05. The van der Waals surface area contributed by atoms with E-state index in [0.29, 0.717) is 39.8 Å². The van der Waals surface area contributed by atoms with Crippen molar-refractivity contribution in [3.8, 4) is 11.5 Å². The molecule has 1 aromatic heterocycles. The highest BCUT2D eigenvalue weighted by molar-refractivity contribution is 6.31. The Morgan fingerprint density at radius 3 is 2.82 bits per heavy atom. The fraction of sp³-hybridized carbons (Fsp3) is 0.273. The van der Waals surface area contributed by atoms with Crippen LogP contribution in [0.15, 0.2) is 41.2 Å². The Labute approximate surface area is 168 Å². The van der Waals surface area contributed by atoms with Crippen LogP contribution >= 0.6 is 11.6 Å². The molecule has 0 N–H and O–H groups in total. The number of halogens is 1. The lowest BCUT2D eigenvalue weighted by atomic mass is 10.1. The second kappa shape index (κ2) is 7.32. The number of ether oxygens (including phenoxy) is 2. The maximum Gasteiger partial charge on any atom is 0.261 e. The molecule has 0 spiro atoms. The van der Waals surface area contributed by atoms with Crippen LogP contribution in [0.1, 0.15) is 31.7 Å². The van der Waals surface area contributed by atoms with E-state index >= 15 is 0 Å². The Hall–Kier alpha value is -2.79. The van der Waals surface area contributed by atoms with Crippen LogP contribution in [0.3, 0.4) is 0 Å². The van der Waals surface area contributed by atoms with Crippen molar-refractivity contribution in [1.82, 2.24) is 9.55 Å². The van der Waals surface area contributed by atoms with Crippen LogP contribution < -0.4 is 15.0 Å². The zero-order valence-corrected chi connectivity index (χ0v) is 16.8. The lowest BCUT2D eigenvalue weighted by Gasteiger charge is -2.16. The van der Waals surface area contributed by atoms with Gasteiger partial charge in [-0.05, 0) is 56.2 Å². The summed E-state index contributed by atoms with van der Waals surface area (Å²) in [5.74, 6) is 2.05. The highest BCUT2D eigenvalue weighted by atomic mass is 35.5. The predicted octanol–water partition coefficient (Wildman–Crippen LogP) is 4.79.